The van der Waals surface area contributed by atoms with Gasteiger partial charge in [0.15, 0.2) is 6.29 Å². The minimum Gasteiger partial charge on any atom is -0.350 e. The number of nitrogens with one attached hydrogen (secondary N) is 1. The molecule has 3 heteroatoms. The molecule has 1 N–H and O–H groups in total. The highest BCUT2D eigenvalue weighted by molar-refractivity contribution is 4.77. The molecule has 2 fully saturated rings. The van der Waals surface area contributed by atoms with E-state index in [-0.39, 0.29) is 6.29 Å². The summed E-state index contributed by atoms with van der Waals surface area (Å²) in [6.07, 6.45) is 9.30. The average molecular weight is 241 g/mol. The zero-order valence-corrected chi connectivity index (χ0v) is 11.1. The van der Waals surface area contributed by atoms with Gasteiger partial charge in [0, 0.05) is 12.5 Å². The first-order chi connectivity index (χ1) is 8.38. The van der Waals surface area contributed by atoms with Gasteiger partial charge >= 0.3 is 0 Å². The number of rotatable bonds is 7. The second kappa shape index (κ2) is 7.34. The third-order valence-electron chi connectivity index (χ3n) is 3.94. The Morgan fingerprint density at radius 3 is 2.47 bits per heavy atom. The summed E-state index contributed by atoms with van der Waals surface area (Å²) in [5.41, 5.74) is 0. The van der Waals surface area contributed by atoms with Gasteiger partial charge in [0.05, 0.1) is 13.2 Å². The molecule has 17 heavy (non-hydrogen) atoms. The second-order valence-electron chi connectivity index (χ2n) is 5.44. The predicted molar refractivity (Wildman–Crippen MR) is 69.0 cm³/mol. The number of hydrogen-bond acceptors (Lipinski definition) is 3. The van der Waals surface area contributed by atoms with E-state index >= 15 is 0 Å². The summed E-state index contributed by atoms with van der Waals surface area (Å²) in [7, 11) is 0. The van der Waals surface area contributed by atoms with Gasteiger partial charge in [-0.1, -0.05) is 32.6 Å². The van der Waals surface area contributed by atoms with Crippen LogP contribution in [0.1, 0.15) is 51.9 Å². The number of ether oxygens (including phenoxy) is 2. The lowest BCUT2D eigenvalue weighted by atomic mass is 9.96. The molecule has 1 saturated carbocycles. The van der Waals surface area contributed by atoms with Crippen molar-refractivity contribution in [1.29, 1.82) is 0 Å². The van der Waals surface area contributed by atoms with Crippen molar-refractivity contribution in [3.05, 3.63) is 0 Å². The van der Waals surface area contributed by atoms with Crippen LogP contribution < -0.4 is 5.32 Å². The third-order valence-corrected chi connectivity index (χ3v) is 3.94. The van der Waals surface area contributed by atoms with Crippen molar-refractivity contribution in [3.8, 4) is 0 Å². The van der Waals surface area contributed by atoms with Crippen molar-refractivity contribution in [2.24, 2.45) is 5.92 Å². The van der Waals surface area contributed by atoms with Gasteiger partial charge in [-0.15, -0.1) is 0 Å². The van der Waals surface area contributed by atoms with Crippen molar-refractivity contribution in [3.63, 3.8) is 0 Å². The Balaban J connectivity index is 1.74. The second-order valence-corrected chi connectivity index (χ2v) is 5.44. The van der Waals surface area contributed by atoms with Gasteiger partial charge in [0.1, 0.15) is 0 Å². The molecule has 1 aliphatic carbocycles. The third kappa shape index (κ3) is 4.57. The van der Waals surface area contributed by atoms with E-state index in [1.807, 2.05) is 0 Å². The van der Waals surface area contributed by atoms with Crippen LogP contribution in [0.4, 0.5) is 0 Å². The Hall–Kier alpha value is -0.120. The first-order valence-corrected chi connectivity index (χ1v) is 7.35. The molecule has 0 aromatic carbocycles. The van der Waals surface area contributed by atoms with E-state index in [0.717, 1.165) is 32.1 Å². The van der Waals surface area contributed by atoms with Crippen LogP contribution in [-0.2, 0) is 9.47 Å². The molecule has 0 bridgehead atoms. The Morgan fingerprint density at radius 1 is 1.12 bits per heavy atom. The summed E-state index contributed by atoms with van der Waals surface area (Å²) in [6, 6.07) is 0.584. The van der Waals surface area contributed by atoms with Gasteiger partial charge in [-0.2, -0.15) is 0 Å². The van der Waals surface area contributed by atoms with Crippen LogP contribution in [-0.4, -0.2) is 32.1 Å². The van der Waals surface area contributed by atoms with Crippen molar-refractivity contribution in [1.82, 2.24) is 5.32 Å². The van der Waals surface area contributed by atoms with Crippen LogP contribution in [0.2, 0.25) is 0 Å². The van der Waals surface area contributed by atoms with Gasteiger partial charge in [-0.05, 0) is 25.3 Å². The Morgan fingerprint density at radius 2 is 1.82 bits per heavy atom. The van der Waals surface area contributed by atoms with Crippen LogP contribution in [0.15, 0.2) is 0 Å². The Labute approximate surface area is 105 Å². The van der Waals surface area contributed by atoms with E-state index < -0.39 is 0 Å². The van der Waals surface area contributed by atoms with Crippen molar-refractivity contribution in [2.45, 2.75) is 64.2 Å². The fraction of sp³-hybridized carbons (Fsp3) is 1.00. The van der Waals surface area contributed by atoms with E-state index in [1.54, 1.807) is 0 Å². The van der Waals surface area contributed by atoms with Gasteiger partial charge < -0.3 is 14.8 Å². The van der Waals surface area contributed by atoms with Crippen molar-refractivity contribution < 1.29 is 9.47 Å². The molecule has 1 unspecified atom stereocenters. The summed E-state index contributed by atoms with van der Waals surface area (Å²) in [4.78, 5) is 0. The topological polar surface area (TPSA) is 30.5 Å². The van der Waals surface area contributed by atoms with E-state index in [4.69, 9.17) is 9.47 Å². The summed E-state index contributed by atoms with van der Waals surface area (Å²) >= 11 is 0. The minimum absolute atomic E-state index is 0.0470. The maximum Gasteiger partial charge on any atom is 0.159 e. The van der Waals surface area contributed by atoms with Gasteiger partial charge in [-0.3, -0.25) is 0 Å². The fourth-order valence-corrected chi connectivity index (χ4v) is 3.04. The highest BCUT2D eigenvalue weighted by Gasteiger charge is 2.25. The first-order valence-electron chi connectivity index (χ1n) is 7.35. The fourth-order valence-electron chi connectivity index (χ4n) is 3.04. The number of hydrogen-bond donors (Lipinski definition) is 1. The summed E-state index contributed by atoms with van der Waals surface area (Å²) in [6.45, 7) is 4.88. The van der Waals surface area contributed by atoms with E-state index in [9.17, 15) is 0 Å². The zero-order chi connectivity index (χ0) is 11.9. The SMILES string of the molecule is CCCNC(CC1CCCC1)CC1OCCO1. The largest absolute Gasteiger partial charge is 0.350 e. The van der Waals surface area contributed by atoms with Crippen LogP contribution in [0, 0.1) is 5.92 Å². The van der Waals surface area contributed by atoms with Crippen molar-refractivity contribution in [2.75, 3.05) is 19.8 Å². The van der Waals surface area contributed by atoms with Gasteiger partial charge in [0.25, 0.3) is 0 Å². The molecule has 1 saturated heterocycles. The zero-order valence-electron chi connectivity index (χ0n) is 11.1. The highest BCUT2D eigenvalue weighted by Crippen LogP contribution is 2.29. The molecule has 1 heterocycles. The molecule has 0 radical (unpaired) electrons. The maximum absolute atomic E-state index is 5.57. The van der Waals surface area contributed by atoms with E-state index in [1.165, 1.54) is 38.5 Å². The lowest BCUT2D eigenvalue weighted by Crippen LogP contribution is -2.35. The van der Waals surface area contributed by atoms with E-state index in [2.05, 4.69) is 12.2 Å². The molecule has 2 rings (SSSR count). The molecule has 3 nitrogen and oxygen atoms in total. The normalized spacial score (nSPS) is 24.5. The molecule has 100 valence electrons. The smallest absolute Gasteiger partial charge is 0.159 e. The molecule has 0 aromatic rings. The molecule has 0 spiro atoms. The van der Waals surface area contributed by atoms with Crippen LogP contribution in [0.5, 0.6) is 0 Å². The first kappa shape index (κ1) is 13.3. The quantitative estimate of drug-likeness (QED) is 0.743. The Kier molecular flexibility index (Phi) is 5.75. The van der Waals surface area contributed by atoms with E-state index in [0.29, 0.717) is 6.04 Å². The molecular weight excluding hydrogens is 214 g/mol. The molecule has 0 amide bonds. The van der Waals surface area contributed by atoms with Crippen LogP contribution in [0.3, 0.4) is 0 Å². The Bertz CT molecular complexity index is 180. The molecule has 1 aliphatic heterocycles. The summed E-state index contributed by atoms with van der Waals surface area (Å²) in [5, 5.41) is 3.66. The summed E-state index contributed by atoms with van der Waals surface area (Å²) < 4.78 is 11.1. The van der Waals surface area contributed by atoms with Crippen molar-refractivity contribution >= 4 is 0 Å². The lowest BCUT2D eigenvalue weighted by Gasteiger charge is -2.24. The molecule has 0 aromatic heterocycles. The summed E-state index contributed by atoms with van der Waals surface area (Å²) in [5.74, 6) is 0.936. The van der Waals surface area contributed by atoms with Crippen LogP contribution >= 0.6 is 0 Å². The van der Waals surface area contributed by atoms with Crippen LogP contribution in [0.25, 0.3) is 0 Å². The lowest BCUT2D eigenvalue weighted by molar-refractivity contribution is -0.0539. The molecule has 1 atom stereocenters. The minimum atomic E-state index is 0.0470. The van der Waals surface area contributed by atoms with Gasteiger partial charge in [0.2, 0.25) is 0 Å². The van der Waals surface area contributed by atoms with Gasteiger partial charge in [-0.25, -0.2) is 0 Å². The standard InChI is InChI=1S/C14H27NO2/c1-2-7-15-13(10-12-5-3-4-6-12)11-14-16-8-9-17-14/h12-15H,2-11H2,1H3. The maximum atomic E-state index is 5.57. The predicted octanol–water partition coefficient (Wildman–Crippen LogP) is 2.70. The molecule has 2 aliphatic rings. The monoisotopic (exact) mass is 241 g/mol. The average Bonchev–Trinajstić information content (AvgIpc) is 2.99. The highest BCUT2D eigenvalue weighted by atomic mass is 16.7. The molecular formula is C14H27NO2.